The third kappa shape index (κ3) is 3.61. The first-order chi connectivity index (χ1) is 16.5. The number of nitrogens with one attached hydrogen (secondary N) is 1. The maximum absolute atomic E-state index is 8.12. The van der Waals surface area contributed by atoms with Crippen molar-refractivity contribution in [3.05, 3.63) is 109 Å². The first kappa shape index (κ1) is 7.71. The van der Waals surface area contributed by atoms with Gasteiger partial charge in [0.15, 0.2) is 0 Å². The smallest absolute Gasteiger partial charge is 0.0629 e. The van der Waals surface area contributed by atoms with E-state index in [4.69, 9.17) is 13.7 Å². The fourth-order valence-electron chi connectivity index (χ4n) is 2.40. The van der Waals surface area contributed by atoms with Gasteiger partial charge in [0, 0.05) is 11.4 Å². The van der Waals surface area contributed by atoms with Crippen molar-refractivity contribution in [2.24, 2.45) is 0 Å². The second-order valence-corrected chi connectivity index (χ2v) is 5.28. The van der Waals surface area contributed by atoms with Crippen LogP contribution < -0.4 is 5.32 Å². The summed E-state index contributed by atoms with van der Waals surface area (Å²) in [6, 6.07) is 10.1. The highest BCUT2D eigenvalue weighted by molar-refractivity contribution is 5.70. The second-order valence-electron chi connectivity index (χ2n) is 5.28. The largest absolute Gasteiger partial charge is 0.356 e. The average Bonchev–Trinajstić information content (AvgIpc) is 2.86. The van der Waals surface area contributed by atoms with Crippen molar-refractivity contribution in [3.8, 4) is 22.3 Å². The Morgan fingerprint density at radius 2 is 0.800 bits per heavy atom. The molecule has 4 rings (SSSR count). The molecule has 25 heavy (non-hydrogen) atoms. The fraction of sp³-hybridized carbons (Fsp3) is 0. The van der Waals surface area contributed by atoms with Gasteiger partial charge in [0.25, 0.3) is 0 Å². The molecule has 1 nitrogen and oxygen atoms in total. The van der Waals surface area contributed by atoms with E-state index in [0.29, 0.717) is 22.5 Å². The lowest BCUT2D eigenvalue weighted by atomic mass is 10.0. The van der Waals surface area contributed by atoms with E-state index in [1.807, 2.05) is 0 Å². The third-order valence-corrected chi connectivity index (χ3v) is 3.64. The lowest BCUT2D eigenvalue weighted by Gasteiger charge is -2.09. The molecule has 0 aromatic heterocycles. The Hall–Kier alpha value is -3.32. The summed E-state index contributed by atoms with van der Waals surface area (Å²) in [5.41, 5.74) is 2.62. The Morgan fingerprint density at radius 1 is 0.440 bits per heavy atom. The predicted octanol–water partition coefficient (Wildman–Crippen LogP) is 6.76. The molecule has 0 heterocycles. The molecule has 0 radical (unpaired) electrons. The first-order valence-corrected chi connectivity index (χ1v) is 7.64. The average molecular weight is 331 g/mol. The van der Waals surface area contributed by atoms with Gasteiger partial charge in [-0.1, -0.05) is 84.7 Å². The summed E-state index contributed by atoms with van der Waals surface area (Å²) in [5.74, 6) is 0. The summed E-state index contributed by atoms with van der Waals surface area (Å²) in [4.78, 5) is 0. The van der Waals surface area contributed by atoms with Crippen LogP contribution in [0.5, 0.6) is 0 Å². The van der Waals surface area contributed by atoms with Gasteiger partial charge in [-0.3, -0.25) is 0 Å². The molecule has 0 saturated carbocycles. The third-order valence-electron chi connectivity index (χ3n) is 3.64. The van der Waals surface area contributed by atoms with Crippen molar-refractivity contribution in [3.63, 3.8) is 0 Å². The standard InChI is InChI=1S/C24H19N/c1-3-7-19(8-4-1)21-11-15-23(16-12-21)25-24-17-13-22(14-18-24)20-9-5-2-6-10-20/h1-18,25H/i1D,2D,3D,4D,5D,6D,7D,8D,9D,10D. The van der Waals surface area contributed by atoms with Crippen LogP contribution in [0.1, 0.15) is 13.7 Å². The van der Waals surface area contributed by atoms with Crippen LogP contribution in [-0.2, 0) is 0 Å². The zero-order valence-corrected chi connectivity index (χ0v) is 13.1. The van der Waals surface area contributed by atoms with E-state index >= 15 is 0 Å². The predicted molar refractivity (Wildman–Crippen MR) is 107 cm³/mol. The zero-order valence-electron chi connectivity index (χ0n) is 23.1. The molecule has 0 amide bonds. The zero-order chi connectivity index (χ0) is 25.6. The monoisotopic (exact) mass is 331 g/mol. The van der Waals surface area contributed by atoms with E-state index in [0.717, 1.165) is 0 Å². The Bertz CT molecular complexity index is 1280. The molecule has 0 atom stereocenters. The fourth-order valence-corrected chi connectivity index (χ4v) is 2.40. The molecule has 1 N–H and O–H groups in total. The van der Waals surface area contributed by atoms with Crippen LogP contribution in [0, 0.1) is 0 Å². The minimum Gasteiger partial charge on any atom is -0.356 e. The molecule has 0 aliphatic heterocycles. The summed E-state index contributed by atoms with van der Waals surface area (Å²) < 4.78 is 79.3. The molecule has 0 saturated heterocycles. The van der Waals surface area contributed by atoms with Crippen molar-refractivity contribution in [1.82, 2.24) is 0 Å². The first-order valence-electron chi connectivity index (χ1n) is 12.6. The number of rotatable bonds is 4. The number of benzene rings is 4. The van der Waals surface area contributed by atoms with Gasteiger partial charge in [-0.05, 0) is 46.5 Å². The van der Waals surface area contributed by atoms with Gasteiger partial charge in [0.2, 0.25) is 0 Å². The van der Waals surface area contributed by atoms with Gasteiger partial charge in [-0.2, -0.15) is 0 Å². The van der Waals surface area contributed by atoms with E-state index in [-0.39, 0.29) is 59.5 Å². The topological polar surface area (TPSA) is 12.0 Å². The van der Waals surface area contributed by atoms with Crippen LogP contribution in [0.2, 0.25) is 0 Å². The minimum absolute atomic E-state index is 0.130. The van der Waals surface area contributed by atoms with Crippen LogP contribution in [0.4, 0.5) is 11.4 Å². The number of anilines is 2. The SMILES string of the molecule is [2H]c1c([2H])c([2H])c(-c2ccc(Nc3ccc(-c4c([2H])c([2H])c([2H])c([2H])c4[2H])cc3)cc2)c([2H])c1[2H]. The summed E-state index contributed by atoms with van der Waals surface area (Å²) in [6.07, 6.45) is 0. The van der Waals surface area contributed by atoms with Crippen LogP contribution in [0.25, 0.3) is 22.3 Å². The van der Waals surface area contributed by atoms with Gasteiger partial charge in [-0.25, -0.2) is 0 Å². The molecular formula is C24H19N. The van der Waals surface area contributed by atoms with Crippen LogP contribution in [-0.4, -0.2) is 0 Å². The minimum atomic E-state index is -0.436. The van der Waals surface area contributed by atoms with E-state index in [9.17, 15) is 0 Å². The molecule has 0 bridgehead atoms. The highest BCUT2D eigenvalue weighted by Crippen LogP contribution is 2.25. The summed E-state index contributed by atoms with van der Waals surface area (Å²) in [6.45, 7) is 0. The summed E-state index contributed by atoms with van der Waals surface area (Å²) in [5, 5.41) is 3.19. The number of hydrogen-bond donors (Lipinski definition) is 1. The Balaban J connectivity index is 1.60. The van der Waals surface area contributed by atoms with Gasteiger partial charge in [0.1, 0.15) is 0 Å². The molecule has 0 fully saturated rings. The van der Waals surface area contributed by atoms with Crippen LogP contribution in [0.3, 0.4) is 0 Å². The molecule has 0 unspecified atom stereocenters. The van der Waals surface area contributed by atoms with E-state index in [1.165, 1.54) is 0 Å². The molecule has 4 aromatic rings. The molecule has 0 aliphatic carbocycles. The highest BCUT2D eigenvalue weighted by Gasteiger charge is 2.00. The van der Waals surface area contributed by atoms with Crippen molar-refractivity contribution >= 4 is 11.4 Å². The van der Waals surface area contributed by atoms with Gasteiger partial charge in [0.05, 0.1) is 13.7 Å². The molecular weight excluding hydrogens is 302 g/mol. The van der Waals surface area contributed by atoms with E-state index in [2.05, 4.69) is 5.32 Å². The van der Waals surface area contributed by atoms with E-state index in [1.54, 1.807) is 48.5 Å². The maximum atomic E-state index is 8.12. The normalized spacial score (nSPS) is 16.0. The van der Waals surface area contributed by atoms with Crippen molar-refractivity contribution in [1.29, 1.82) is 0 Å². The molecule has 4 aromatic carbocycles. The lowest BCUT2D eigenvalue weighted by Crippen LogP contribution is -1.90. The molecule has 0 spiro atoms. The molecule has 0 aliphatic rings. The molecule has 120 valence electrons. The Morgan fingerprint density at radius 3 is 1.16 bits per heavy atom. The molecule has 1 heteroatoms. The number of hydrogen-bond acceptors (Lipinski definition) is 1. The van der Waals surface area contributed by atoms with Crippen molar-refractivity contribution in [2.45, 2.75) is 0 Å². The van der Waals surface area contributed by atoms with Crippen molar-refractivity contribution in [2.75, 3.05) is 5.32 Å². The maximum Gasteiger partial charge on any atom is 0.0629 e. The van der Waals surface area contributed by atoms with Gasteiger partial charge in [-0.15, -0.1) is 0 Å². The lowest BCUT2D eigenvalue weighted by molar-refractivity contribution is 1.53. The van der Waals surface area contributed by atoms with Crippen LogP contribution in [0.15, 0.2) is 109 Å². The Kier molecular flexibility index (Phi) is 2.18. The van der Waals surface area contributed by atoms with Gasteiger partial charge >= 0.3 is 0 Å². The second kappa shape index (κ2) is 7.06. The highest BCUT2D eigenvalue weighted by atomic mass is 14.9. The van der Waals surface area contributed by atoms with Crippen molar-refractivity contribution < 1.29 is 13.7 Å². The van der Waals surface area contributed by atoms with E-state index < -0.39 is 12.1 Å². The van der Waals surface area contributed by atoms with Crippen LogP contribution >= 0.6 is 0 Å². The quantitative estimate of drug-likeness (QED) is 0.435. The summed E-state index contributed by atoms with van der Waals surface area (Å²) >= 11 is 0. The Labute approximate surface area is 162 Å². The summed E-state index contributed by atoms with van der Waals surface area (Å²) in [7, 11) is 0. The van der Waals surface area contributed by atoms with Gasteiger partial charge < -0.3 is 5.32 Å².